The van der Waals surface area contributed by atoms with Crippen molar-refractivity contribution >= 4 is 21.8 Å². The number of carbonyl (C=O) groups excluding carboxylic acids is 1. The molecule has 0 fully saturated rings. The van der Waals surface area contributed by atoms with Gasteiger partial charge in [0.15, 0.2) is 0 Å². The lowest BCUT2D eigenvalue weighted by Crippen LogP contribution is -2.52. The monoisotopic (exact) mass is 343 g/mol. The Morgan fingerprint density at radius 3 is 1.72 bits per heavy atom. The summed E-state index contributed by atoms with van der Waals surface area (Å²) in [7, 11) is 0. The highest BCUT2D eigenvalue weighted by Crippen LogP contribution is 2.39. The van der Waals surface area contributed by atoms with Gasteiger partial charge in [0.05, 0.1) is 0 Å². The van der Waals surface area contributed by atoms with Gasteiger partial charge in [-0.1, -0.05) is 29.8 Å². The van der Waals surface area contributed by atoms with Gasteiger partial charge in [0.2, 0.25) is 11.8 Å². The number of hydrogen-bond acceptors (Lipinski definition) is 1. The first-order valence-corrected chi connectivity index (χ1v) is 6.03. The molecule has 1 atom stereocenters. The van der Waals surface area contributed by atoms with E-state index in [1.165, 1.54) is 0 Å². The number of halogens is 7. The summed E-state index contributed by atoms with van der Waals surface area (Å²) in [5, 5.41) is 1.82. The number of amides is 1. The molecule has 0 aliphatic rings. The molecule has 9 heteroatoms. The molecule has 0 aliphatic carbocycles. The minimum atomic E-state index is -5.66. The van der Waals surface area contributed by atoms with Crippen molar-refractivity contribution in [3.8, 4) is 0 Å². The summed E-state index contributed by atoms with van der Waals surface area (Å²) >= 11 is 2.92. The fraction of sp³-hybridized carbons (Fsp3) is 0.889. The lowest BCUT2D eigenvalue weighted by molar-refractivity contribution is -0.274. The molecule has 0 bridgehead atoms. The molecule has 0 radical (unpaired) electrons. The highest BCUT2D eigenvalue weighted by molar-refractivity contribution is 9.09. The number of nitrogens with one attached hydrogen (secondary N) is 1. The third-order valence-corrected chi connectivity index (χ3v) is 2.91. The Bertz CT molecular complexity index is 274. The second-order valence-corrected chi connectivity index (χ2v) is 4.68. The van der Waals surface area contributed by atoms with E-state index in [0.29, 0.717) is 0 Å². The molecule has 18 heavy (non-hydrogen) atoms. The normalized spacial score (nSPS) is 15.1. The van der Waals surface area contributed by atoms with Gasteiger partial charge in [-0.2, -0.15) is 26.3 Å². The van der Waals surface area contributed by atoms with Gasteiger partial charge in [-0.25, -0.2) is 0 Å². The standard InChI is InChI=1S/C9H12BrF6NO/c1-4(2)5(3-10)17-7(18)6(8(11,12)13)9(14,15)16/h4-6H,3H2,1-2H3,(H,17,18). The van der Waals surface area contributed by atoms with Crippen LogP contribution in [0.2, 0.25) is 0 Å². The first-order valence-electron chi connectivity index (χ1n) is 4.91. The molecule has 1 amide bonds. The Morgan fingerprint density at radius 1 is 1.11 bits per heavy atom. The van der Waals surface area contributed by atoms with Crippen LogP contribution >= 0.6 is 15.9 Å². The Labute approximate surface area is 108 Å². The van der Waals surface area contributed by atoms with E-state index >= 15 is 0 Å². The van der Waals surface area contributed by atoms with E-state index in [-0.39, 0.29) is 11.2 Å². The van der Waals surface area contributed by atoms with Crippen molar-refractivity contribution in [3.63, 3.8) is 0 Å². The lowest BCUT2D eigenvalue weighted by atomic mass is 10.0. The smallest absolute Gasteiger partial charge is 0.351 e. The van der Waals surface area contributed by atoms with Crippen molar-refractivity contribution in [2.45, 2.75) is 32.2 Å². The van der Waals surface area contributed by atoms with Gasteiger partial charge in [-0.15, -0.1) is 0 Å². The van der Waals surface area contributed by atoms with Gasteiger partial charge in [-0.05, 0) is 5.92 Å². The maximum atomic E-state index is 12.2. The fourth-order valence-electron chi connectivity index (χ4n) is 1.13. The molecule has 0 aromatic carbocycles. The Kier molecular flexibility index (Phi) is 5.96. The van der Waals surface area contributed by atoms with Gasteiger partial charge in [0.25, 0.3) is 0 Å². The molecular formula is C9H12BrF6NO. The first-order chi connectivity index (χ1) is 7.91. The maximum Gasteiger partial charge on any atom is 0.409 e. The zero-order valence-corrected chi connectivity index (χ0v) is 11.1. The largest absolute Gasteiger partial charge is 0.409 e. The predicted octanol–water partition coefficient (Wildman–Crippen LogP) is 3.26. The van der Waals surface area contributed by atoms with Crippen molar-refractivity contribution < 1.29 is 31.1 Å². The first kappa shape index (κ1) is 17.5. The molecule has 1 N–H and O–H groups in total. The summed E-state index contributed by atoms with van der Waals surface area (Å²) in [5.74, 6) is -6.37. The quantitative estimate of drug-likeness (QED) is 0.616. The van der Waals surface area contributed by atoms with E-state index in [0.717, 1.165) is 0 Å². The van der Waals surface area contributed by atoms with Crippen LogP contribution in [-0.2, 0) is 4.79 Å². The highest BCUT2D eigenvalue weighted by Gasteiger charge is 2.61. The zero-order chi connectivity index (χ0) is 14.7. The minimum absolute atomic E-state index is 0.0683. The molecule has 0 rings (SSSR count). The van der Waals surface area contributed by atoms with Gasteiger partial charge in [-0.3, -0.25) is 4.79 Å². The number of hydrogen-bond donors (Lipinski definition) is 1. The summed E-state index contributed by atoms with van der Waals surface area (Å²) in [6.07, 6.45) is -11.3. The van der Waals surface area contributed by atoms with E-state index in [4.69, 9.17) is 0 Å². The Balaban J connectivity index is 5.01. The van der Waals surface area contributed by atoms with Crippen LogP contribution < -0.4 is 5.32 Å². The average molecular weight is 344 g/mol. The molecule has 0 aliphatic heterocycles. The Morgan fingerprint density at radius 2 is 1.50 bits per heavy atom. The van der Waals surface area contributed by atoms with Crippen molar-refractivity contribution in [2.24, 2.45) is 11.8 Å². The maximum absolute atomic E-state index is 12.2. The molecule has 0 heterocycles. The molecule has 0 saturated heterocycles. The van der Waals surface area contributed by atoms with Gasteiger partial charge >= 0.3 is 12.4 Å². The van der Waals surface area contributed by atoms with Gasteiger partial charge < -0.3 is 5.32 Å². The zero-order valence-electron chi connectivity index (χ0n) is 9.49. The van der Waals surface area contributed by atoms with E-state index in [1.807, 2.05) is 0 Å². The second kappa shape index (κ2) is 6.12. The van der Waals surface area contributed by atoms with Crippen LogP contribution in [0.5, 0.6) is 0 Å². The second-order valence-electron chi connectivity index (χ2n) is 4.03. The third-order valence-electron chi connectivity index (χ3n) is 2.22. The summed E-state index contributed by atoms with van der Waals surface area (Å²) in [4.78, 5) is 11.1. The molecule has 1 unspecified atom stereocenters. The van der Waals surface area contributed by atoms with E-state index in [2.05, 4.69) is 15.9 Å². The molecule has 0 aromatic heterocycles. The van der Waals surface area contributed by atoms with Crippen LogP contribution in [0.1, 0.15) is 13.8 Å². The molecule has 0 saturated carbocycles. The summed E-state index contributed by atoms with van der Waals surface area (Å²) in [5.41, 5.74) is 0. The van der Waals surface area contributed by atoms with Crippen LogP contribution in [0, 0.1) is 11.8 Å². The molecular weight excluding hydrogens is 332 g/mol. The van der Waals surface area contributed by atoms with Crippen molar-refractivity contribution in [1.29, 1.82) is 0 Å². The lowest BCUT2D eigenvalue weighted by Gasteiger charge is -2.26. The SMILES string of the molecule is CC(C)C(CBr)NC(=O)C(C(F)(F)F)C(F)(F)F. The van der Waals surface area contributed by atoms with Crippen molar-refractivity contribution in [2.75, 3.05) is 5.33 Å². The number of alkyl halides is 7. The van der Waals surface area contributed by atoms with Crippen LogP contribution in [0.3, 0.4) is 0 Å². The van der Waals surface area contributed by atoms with Crippen LogP contribution in [-0.4, -0.2) is 29.6 Å². The molecule has 2 nitrogen and oxygen atoms in total. The van der Waals surface area contributed by atoms with Crippen molar-refractivity contribution in [3.05, 3.63) is 0 Å². The molecule has 108 valence electrons. The van der Waals surface area contributed by atoms with Gasteiger partial charge in [0.1, 0.15) is 0 Å². The highest BCUT2D eigenvalue weighted by atomic mass is 79.9. The molecule has 0 spiro atoms. The van der Waals surface area contributed by atoms with Gasteiger partial charge in [0, 0.05) is 11.4 Å². The van der Waals surface area contributed by atoms with E-state index in [9.17, 15) is 31.1 Å². The van der Waals surface area contributed by atoms with Crippen molar-refractivity contribution in [1.82, 2.24) is 5.32 Å². The van der Waals surface area contributed by atoms with Crippen LogP contribution in [0.4, 0.5) is 26.3 Å². The van der Waals surface area contributed by atoms with E-state index in [1.54, 1.807) is 19.2 Å². The van der Waals surface area contributed by atoms with Crippen LogP contribution in [0.15, 0.2) is 0 Å². The fourth-order valence-corrected chi connectivity index (χ4v) is 2.04. The molecule has 0 aromatic rings. The van der Waals surface area contributed by atoms with Crippen LogP contribution in [0.25, 0.3) is 0 Å². The summed E-state index contributed by atoms with van der Waals surface area (Å²) in [6, 6.07) is -0.801. The minimum Gasteiger partial charge on any atom is -0.351 e. The predicted molar refractivity (Wildman–Crippen MR) is 56.2 cm³/mol. The Hall–Kier alpha value is -0.470. The number of rotatable bonds is 4. The summed E-state index contributed by atoms with van der Waals surface area (Å²) < 4.78 is 73.4. The van der Waals surface area contributed by atoms with E-state index < -0.39 is 30.2 Å². The average Bonchev–Trinajstić information content (AvgIpc) is 2.08. The summed E-state index contributed by atoms with van der Waals surface area (Å²) in [6.45, 7) is 3.14. The topological polar surface area (TPSA) is 29.1 Å². The number of carbonyl (C=O) groups is 1. The third kappa shape index (κ3) is 5.03.